The molecule has 0 fully saturated rings. The smallest absolute Gasteiger partial charge is 0.326 e. The van der Waals surface area contributed by atoms with Crippen LogP contribution in [0.1, 0.15) is 30.8 Å². The number of carbonyl (C=O) groups excluding carboxylic acids is 1. The first-order valence-corrected chi connectivity index (χ1v) is 8.01. The molecule has 1 atom stereocenters. The Hall–Kier alpha value is -2.15. The molecule has 0 aliphatic heterocycles. The lowest BCUT2D eigenvalue weighted by molar-refractivity contribution is -0.139. The van der Waals surface area contributed by atoms with Gasteiger partial charge in [0, 0.05) is 10.7 Å². The molecule has 6 nitrogen and oxygen atoms in total. The summed E-state index contributed by atoms with van der Waals surface area (Å²) in [5, 5.41) is 15.9. The summed E-state index contributed by atoms with van der Waals surface area (Å²) in [7, 11) is 0. The van der Waals surface area contributed by atoms with Crippen LogP contribution < -0.4 is 5.32 Å². The first kappa shape index (κ1) is 17.2. The molecule has 1 aromatic carbocycles. The molecule has 1 heterocycles. The number of amides is 1. The first-order chi connectivity index (χ1) is 10.9. The molecule has 2 N–H and O–H groups in total. The van der Waals surface area contributed by atoms with Gasteiger partial charge in [0.15, 0.2) is 5.69 Å². The van der Waals surface area contributed by atoms with E-state index in [1.54, 1.807) is 16.9 Å². The van der Waals surface area contributed by atoms with E-state index in [0.29, 0.717) is 6.42 Å². The third-order valence-electron chi connectivity index (χ3n) is 3.20. The molecule has 0 unspecified atom stereocenters. The van der Waals surface area contributed by atoms with E-state index in [1.165, 1.54) is 0 Å². The Bertz CT molecular complexity index is 712. The highest BCUT2D eigenvalue weighted by Crippen LogP contribution is 2.15. The average molecular weight is 380 g/mol. The molecule has 2 rings (SSSR count). The summed E-state index contributed by atoms with van der Waals surface area (Å²) in [6, 6.07) is 8.13. The lowest BCUT2D eigenvalue weighted by Crippen LogP contribution is -2.41. The Kier molecular flexibility index (Phi) is 5.54. The number of nitrogens with one attached hydrogen (secondary N) is 1. The summed E-state index contributed by atoms with van der Waals surface area (Å²) in [5.74, 6) is -1.37. The summed E-state index contributed by atoms with van der Waals surface area (Å²) in [4.78, 5) is 23.4. The monoisotopic (exact) mass is 379 g/mol. The van der Waals surface area contributed by atoms with Crippen molar-refractivity contribution in [2.75, 3.05) is 0 Å². The van der Waals surface area contributed by atoms with Crippen molar-refractivity contribution in [3.8, 4) is 5.69 Å². The van der Waals surface area contributed by atoms with Crippen LogP contribution in [0.2, 0.25) is 0 Å². The lowest BCUT2D eigenvalue weighted by atomic mass is 10.0. The average Bonchev–Trinajstić information content (AvgIpc) is 2.95. The van der Waals surface area contributed by atoms with Gasteiger partial charge in [-0.05, 0) is 36.6 Å². The fourth-order valence-electron chi connectivity index (χ4n) is 2.13. The van der Waals surface area contributed by atoms with Crippen molar-refractivity contribution in [3.63, 3.8) is 0 Å². The van der Waals surface area contributed by atoms with Crippen LogP contribution in [0.15, 0.2) is 41.0 Å². The molecule has 0 spiro atoms. The number of rotatable bonds is 6. The molecule has 0 saturated heterocycles. The van der Waals surface area contributed by atoms with Gasteiger partial charge in [-0.1, -0.05) is 35.8 Å². The molecule has 2 aromatic rings. The van der Waals surface area contributed by atoms with Gasteiger partial charge in [-0.25, -0.2) is 9.48 Å². The standard InChI is InChI=1S/C16H18BrN3O3/c1-10(2)8-14(16(22)23)18-15(21)13-6-7-20(19-13)12-5-3-4-11(17)9-12/h3-7,9-10,14H,8H2,1-2H3,(H,18,21)(H,22,23)/t14-/m1/s1. The summed E-state index contributed by atoms with van der Waals surface area (Å²) >= 11 is 3.38. The fourth-order valence-corrected chi connectivity index (χ4v) is 2.52. The van der Waals surface area contributed by atoms with Gasteiger partial charge in [0.1, 0.15) is 6.04 Å². The number of carbonyl (C=O) groups is 2. The van der Waals surface area contributed by atoms with E-state index in [1.807, 2.05) is 38.1 Å². The predicted octanol–water partition coefficient (Wildman–Crippen LogP) is 2.86. The summed E-state index contributed by atoms with van der Waals surface area (Å²) < 4.78 is 2.47. The Morgan fingerprint density at radius 1 is 1.35 bits per heavy atom. The molecule has 7 heteroatoms. The highest BCUT2D eigenvalue weighted by atomic mass is 79.9. The van der Waals surface area contributed by atoms with Gasteiger partial charge in [0.2, 0.25) is 0 Å². The highest BCUT2D eigenvalue weighted by Gasteiger charge is 2.22. The number of nitrogens with zero attached hydrogens (tertiary/aromatic N) is 2. The van der Waals surface area contributed by atoms with Gasteiger partial charge in [0.05, 0.1) is 5.69 Å². The van der Waals surface area contributed by atoms with Crippen LogP contribution in [0.5, 0.6) is 0 Å². The van der Waals surface area contributed by atoms with Crippen LogP contribution in [0, 0.1) is 5.92 Å². The van der Waals surface area contributed by atoms with Crippen LogP contribution in [0.25, 0.3) is 5.69 Å². The number of aliphatic carboxylic acids is 1. The van der Waals surface area contributed by atoms with Crippen LogP contribution in [-0.2, 0) is 4.79 Å². The number of aromatic nitrogens is 2. The van der Waals surface area contributed by atoms with E-state index in [2.05, 4.69) is 26.3 Å². The molecule has 1 amide bonds. The maximum absolute atomic E-state index is 12.2. The zero-order valence-corrected chi connectivity index (χ0v) is 14.4. The van der Waals surface area contributed by atoms with Crippen molar-refractivity contribution < 1.29 is 14.7 Å². The number of hydrogen-bond donors (Lipinski definition) is 2. The van der Waals surface area contributed by atoms with Crippen LogP contribution in [-0.4, -0.2) is 32.8 Å². The Labute approximate surface area is 142 Å². The van der Waals surface area contributed by atoms with Crippen molar-refractivity contribution in [3.05, 3.63) is 46.7 Å². The second kappa shape index (κ2) is 7.41. The van der Waals surface area contributed by atoms with Crippen molar-refractivity contribution >= 4 is 27.8 Å². The van der Waals surface area contributed by atoms with E-state index in [-0.39, 0.29) is 11.6 Å². The summed E-state index contributed by atoms with van der Waals surface area (Å²) in [6.07, 6.45) is 2.03. The van der Waals surface area contributed by atoms with Crippen molar-refractivity contribution in [2.24, 2.45) is 5.92 Å². The van der Waals surface area contributed by atoms with Gasteiger partial charge in [-0.3, -0.25) is 4.79 Å². The quantitative estimate of drug-likeness (QED) is 0.807. The zero-order chi connectivity index (χ0) is 17.0. The molecule has 0 aliphatic rings. The number of hydrogen-bond acceptors (Lipinski definition) is 3. The number of carboxylic acid groups (broad SMARTS) is 1. The fraction of sp³-hybridized carbons (Fsp3) is 0.312. The topological polar surface area (TPSA) is 84.2 Å². The van der Waals surface area contributed by atoms with Gasteiger partial charge < -0.3 is 10.4 Å². The SMILES string of the molecule is CC(C)C[C@@H](NC(=O)c1ccn(-c2cccc(Br)c2)n1)C(=O)O. The lowest BCUT2D eigenvalue weighted by Gasteiger charge is -2.15. The van der Waals surface area contributed by atoms with E-state index in [9.17, 15) is 14.7 Å². The second-order valence-corrected chi connectivity index (χ2v) is 6.53. The molecule has 0 aliphatic carbocycles. The normalized spacial score (nSPS) is 12.2. The second-order valence-electron chi connectivity index (χ2n) is 5.62. The summed E-state index contributed by atoms with van der Waals surface area (Å²) in [5.41, 5.74) is 0.982. The minimum absolute atomic E-state index is 0.163. The van der Waals surface area contributed by atoms with Crippen LogP contribution in [0.4, 0.5) is 0 Å². The third kappa shape index (κ3) is 4.66. The maximum atomic E-state index is 12.2. The van der Waals surface area contributed by atoms with E-state index < -0.39 is 17.9 Å². The molecule has 23 heavy (non-hydrogen) atoms. The van der Waals surface area contributed by atoms with Crippen molar-refractivity contribution in [2.45, 2.75) is 26.3 Å². The molecular formula is C16H18BrN3O3. The number of halogens is 1. The molecule has 122 valence electrons. The van der Waals surface area contributed by atoms with Crippen molar-refractivity contribution in [1.29, 1.82) is 0 Å². The Morgan fingerprint density at radius 3 is 2.70 bits per heavy atom. The third-order valence-corrected chi connectivity index (χ3v) is 3.70. The molecule has 0 bridgehead atoms. The zero-order valence-electron chi connectivity index (χ0n) is 12.9. The molecular weight excluding hydrogens is 362 g/mol. The van der Waals surface area contributed by atoms with Gasteiger partial charge in [0.25, 0.3) is 5.91 Å². The minimum atomic E-state index is -1.04. The van der Waals surface area contributed by atoms with Crippen molar-refractivity contribution in [1.82, 2.24) is 15.1 Å². The molecule has 0 saturated carbocycles. The Balaban J connectivity index is 2.13. The number of carboxylic acids is 1. The van der Waals surface area contributed by atoms with Gasteiger partial charge >= 0.3 is 5.97 Å². The Morgan fingerprint density at radius 2 is 2.09 bits per heavy atom. The van der Waals surface area contributed by atoms with E-state index in [0.717, 1.165) is 10.2 Å². The minimum Gasteiger partial charge on any atom is -0.480 e. The van der Waals surface area contributed by atoms with E-state index >= 15 is 0 Å². The molecule has 0 radical (unpaired) electrons. The van der Waals surface area contributed by atoms with Crippen LogP contribution in [0.3, 0.4) is 0 Å². The van der Waals surface area contributed by atoms with Gasteiger partial charge in [-0.15, -0.1) is 0 Å². The summed E-state index contributed by atoms with van der Waals surface area (Å²) in [6.45, 7) is 3.81. The van der Waals surface area contributed by atoms with Gasteiger partial charge in [-0.2, -0.15) is 5.10 Å². The number of benzene rings is 1. The predicted molar refractivity (Wildman–Crippen MR) is 89.6 cm³/mol. The largest absolute Gasteiger partial charge is 0.480 e. The molecule has 1 aromatic heterocycles. The van der Waals surface area contributed by atoms with Crippen LogP contribution >= 0.6 is 15.9 Å². The maximum Gasteiger partial charge on any atom is 0.326 e. The first-order valence-electron chi connectivity index (χ1n) is 7.22. The van der Waals surface area contributed by atoms with E-state index in [4.69, 9.17) is 0 Å². The highest BCUT2D eigenvalue weighted by molar-refractivity contribution is 9.10.